The van der Waals surface area contributed by atoms with Crippen LogP contribution in [-0.4, -0.2) is 26.8 Å². The van der Waals surface area contributed by atoms with E-state index in [4.69, 9.17) is 4.74 Å². The second-order valence-corrected chi connectivity index (χ2v) is 6.67. The highest BCUT2D eigenvalue weighted by Gasteiger charge is 2.43. The molecule has 3 rings (SSSR count). The van der Waals surface area contributed by atoms with Crippen molar-refractivity contribution in [2.45, 2.75) is 38.1 Å². The van der Waals surface area contributed by atoms with E-state index in [0.29, 0.717) is 6.04 Å². The molecule has 1 unspecified atom stereocenters. The van der Waals surface area contributed by atoms with Crippen LogP contribution >= 0.6 is 0 Å². The van der Waals surface area contributed by atoms with Crippen molar-refractivity contribution >= 4 is 16.5 Å². The fourth-order valence-corrected chi connectivity index (χ4v) is 3.95. The van der Waals surface area contributed by atoms with Crippen molar-refractivity contribution in [1.29, 1.82) is 0 Å². The van der Waals surface area contributed by atoms with Gasteiger partial charge >= 0.3 is 0 Å². The molecule has 1 aliphatic rings. The largest absolute Gasteiger partial charge is 0.385 e. The first-order valence-electron chi connectivity index (χ1n) is 7.81. The normalized spacial score (nSPS) is 20.0. The molecule has 0 aliphatic carbocycles. The van der Waals surface area contributed by atoms with E-state index in [1.807, 2.05) is 0 Å². The minimum absolute atomic E-state index is 0.182. The molecule has 0 N–H and O–H groups in total. The van der Waals surface area contributed by atoms with Gasteiger partial charge in [0.1, 0.15) is 0 Å². The Kier molecular flexibility index (Phi) is 3.66. The van der Waals surface area contributed by atoms with Crippen LogP contribution in [0.25, 0.3) is 10.8 Å². The fraction of sp³-hybridized carbons (Fsp3) is 0.474. The van der Waals surface area contributed by atoms with E-state index in [2.05, 4.69) is 62.2 Å². The van der Waals surface area contributed by atoms with Crippen molar-refractivity contribution in [1.82, 2.24) is 0 Å². The topological polar surface area (TPSA) is 12.5 Å². The van der Waals surface area contributed by atoms with Crippen LogP contribution in [0.1, 0.15) is 32.3 Å². The highest BCUT2D eigenvalue weighted by Crippen LogP contribution is 2.48. The van der Waals surface area contributed by atoms with Crippen molar-refractivity contribution in [2.24, 2.45) is 0 Å². The quantitative estimate of drug-likeness (QED) is 0.773. The Morgan fingerprint density at radius 2 is 1.90 bits per heavy atom. The molecule has 0 spiro atoms. The summed E-state index contributed by atoms with van der Waals surface area (Å²) in [7, 11) is 4.03. The lowest BCUT2D eigenvalue weighted by atomic mass is 9.78. The molecule has 1 heterocycles. The predicted molar refractivity (Wildman–Crippen MR) is 90.3 cm³/mol. The molecule has 0 bridgehead atoms. The molecule has 0 saturated heterocycles. The smallest absolute Gasteiger partial charge is 0.0484 e. The van der Waals surface area contributed by atoms with E-state index in [-0.39, 0.29) is 5.41 Å². The molecule has 1 atom stereocenters. The monoisotopic (exact) mass is 283 g/mol. The molecule has 21 heavy (non-hydrogen) atoms. The molecule has 0 amide bonds. The lowest BCUT2D eigenvalue weighted by Gasteiger charge is -2.32. The summed E-state index contributed by atoms with van der Waals surface area (Å²) in [6, 6.07) is 13.8. The third-order valence-electron chi connectivity index (χ3n) is 5.07. The van der Waals surface area contributed by atoms with Gasteiger partial charge in [-0.15, -0.1) is 0 Å². The molecule has 1 aliphatic heterocycles. The number of hydrogen-bond acceptors (Lipinski definition) is 2. The third kappa shape index (κ3) is 2.22. The fourth-order valence-electron chi connectivity index (χ4n) is 3.95. The van der Waals surface area contributed by atoms with E-state index < -0.39 is 0 Å². The Balaban J connectivity index is 2.05. The molecular weight excluding hydrogens is 258 g/mol. The standard InChI is InChI=1S/C19H25NO/c1-19(2)16-12-11-14-8-5-6-9-15(14)18(16)20(3)17(19)10-7-13-21-4/h5-6,8-9,11-12,17H,7,10,13H2,1-4H3. The molecule has 0 radical (unpaired) electrons. The van der Waals surface area contributed by atoms with Crippen molar-refractivity contribution < 1.29 is 4.74 Å². The first kappa shape index (κ1) is 14.4. The van der Waals surface area contributed by atoms with Crippen molar-refractivity contribution in [3.8, 4) is 0 Å². The second-order valence-electron chi connectivity index (χ2n) is 6.67. The maximum atomic E-state index is 5.23. The summed E-state index contributed by atoms with van der Waals surface area (Å²) in [5, 5.41) is 2.70. The minimum Gasteiger partial charge on any atom is -0.385 e. The highest BCUT2D eigenvalue weighted by atomic mass is 16.5. The SMILES string of the molecule is COCCCC1N(C)c2c(ccc3ccccc23)C1(C)C. The minimum atomic E-state index is 0.182. The molecule has 112 valence electrons. The highest BCUT2D eigenvalue weighted by molar-refractivity contribution is 5.97. The molecular formula is C19H25NO. The van der Waals surface area contributed by atoms with Gasteiger partial charge < -0.3 is 9.64 Å². The summed E-state index contributed by atoms with van der Waals surface area (Å²) in [5.41, 5.74) is 3.08. The zero-order chi connectivity index (χ0) is 15.0. The first-order chi connectivity index (χ1) is 10.1. The predicted octanol–water partition coefficient (Wildman–Crippen LogP) is 4.36. The van der Waals surface area contributed by atoms with Gasteiger partial charge in [-0.1, -0.05) is 50.2 Å². The molecule has 0 aromatic heterocycles. The van der Waals surface area contributed by atoms with E-state index >= 15 is 0 Å². The lowest BCUT2D eigenvalue weighted by Crippen LogP contribution is -2.39. The number of nitrogens with zero attached hydrogens (tertiary/aromatic N) is 1. The lowest BCUT2D eigenvalue weighted by molar-refractivity contribution is 0.187. The average molecular weight is 283 g/mol. The number of anilines is 1. The number of benzene rings is 2. The second kappa shape index (κ2) is 5.34. The molecule has 2 heteroatoms. The number of fused-ring (bicyclic) bond motifs is 3. The van der Waals surface area contributed by atoms with E-state index in [1.165, 1.54) is 28.4 Å². The molecule has 2 nitrogen and oxygen atoms in total. The van der Waals surface area contributed by atoms with Crippen LogP contribution in [0.5, 0.6) is 0 Å². The summed E-state index contributed by atoms with van der Waals surface area (Å²) in [6.45, 7) is 5.60. The molecule has 0 saturated carbocycles. The van der Waals surface area contributed by atoms with E-state index in [1.54, 1.807) is 7.11 Å². The van der Waals surface area contributed by atoms with Crippen molar-refractivity contribution in [2.75, 3.05) is 25.7 Å². The third-order valence-corrected chi connectivity index (χ3v) is 5.07. The first-order valence-corrected chi connectivity index (χ1v) is 7.81. The van der Waals surface area contributed by atoms with Gasteiger partial charge in [-0.25, -0.2) is 0 Å². The van der Waals surface area contributed by atoms with Crippen molar-refractivity contribution in [3.63, 3.8) is 0 Å². The van der Waals surface area contributed by atoms with Crippen LogP contribution < -0.4 is 4.90 Å². The van der Waals surface area contributed by atoms with Crippen LogP contribution in [0.2, 0.25) is 0 Å². The summed E-state index contributed by atoms with van der Waals surface area (Å²) in [4.78, 5) is 2.49. The van der Waals surface area contributed by atoms with Gasteiger partial charge in [0.15, 0.2) is 0 Å². The number of rotatable bonds is 4. The number of hydrogen-bond donors (Lipinski definition) is 0. The molecule has 2 aromatic rings. The van der Waals surface area contributed by atoms with Crippen LogP contribution in [0.15, 0.2) is 36.4 Å². The zero-order valence-electron chi connectivity index (χ0n) is 13.5. The van der Waals surface area contributed by atoms with E-state index in [0.717, 1.165) is 13.0 Å². The van der Waals surface area contributed by atoms with Crippen LogP contribution in [0.4, 0.5) is 5.69 Å². The number of likely N-dealkylation sites (N-methyl/N-ethyl adjacent to an activating group) is 1. The Bertz CT molecular complexity index is 647. The maximum absolute atomic E-state index is 5.23. The maximum Gasteiger partial charge on any atom is 0.0484 e. The van der Waals surface area contributed by atoms with Crippen LogP contribution in [0.3, 0.4) is 0 Å². The van der Waals surface area contributed by atoms with E-state index in [9.17, 15) is 0 Å². The number of ether oxygens (including phenoxy) is 1. The van der Waals surface area contributed by atoms with Crippen molar-refractivity contribution in [3.05, 3.63) is 42.0 Å². The van der Waals surface area contributed by atoms with Gasteiger partial charge in [0.2, 0.25) is 0 Å². The van der Waals surface area contributed by atoms with Gasteiger partial charge in [-0.3, -0.25) is 0 Å². The van der Waals surface area contributed by atoms with Crippen LogP contribution in [0, 0.1) is 0 Å². The van der Waals surface area contributed by atoms with Gasteiger partial charge in [-0.2, -0.15) is 0 Å². The summed E-state index contributed by atoms with van der Waals surface area (Å²) < 4.78 is 5.23. The number of methoxy groups -OCH3 is 1. The summed E-state index contributed by atoms with van der Waals surface area (Å²) in [5.74, 6) is 0. The Morgan fingerprint density at radius 3 is 2.67 bits per heavy atom. The van der Waals surface area contributed by atoms with Crippen LogP contribution in [-0.2, 0) is 10.2 Å². The molecule has 2 aromatic carbocycles. The van der Waals surface area contributed by atoms with Gasteiger partial charge in [0, 0.05) is 43.3 Å². The van der Waals surface area contributed by atoms with Gasteiger partial charge in [0.25, 0.3) is 0 Å². The Hall–Kier alpha value is -1.54. The Labute approximate surface area is 127 Å². The van der Waals surface area contributed by atoms with Gasteiger partial charge in [0.05, 0.1) is 0 Å². The average Bonchev–Trinajstić information content (AvgIpc) is 2.68. The summed E-state index contributed by atoms with van der Waals surface area (Å²) >= 11 is 0. The van der Waals surface area contributed by atoms with Gasteiger partial charge in [-0.05, 0) is 23.8 Å². The zero-order valence-corrected chi connectivity index (χ0v) is 13.5. The summed E-state index contributed by atoms with van der Waals surface area (Å²) in [6.07, 6.45) is 2.28. The Morgan fingerprint density at radius 1 is 1.14 bits per heavy atom. The molecule has 0 fully saturated rings.